The number of hydrogen-bond acceptors (Lipinski definition) is 5. The molecule has 1 aliphatic rings. The number of unbranched alkanes of at least 4 members (excludes halogenated alkanes) is 10. The molecule has 160 valence electrons. The lowest BCUT2D eigenvalue weighted by molar-refractivity contribution is -0.211. The summed E-state index contributed by atoms with van der Waals surface area (Å²) in [7, 11) is 0. The molecule has 1 fully saturated rings. The molecular formula is C22H42O5. The molecule has 0 saturated carbocycles. The van der Waals surface area contributed by atoms with Gasteiger partial charge in [-0.1, -0.05) is 70.4 Å². The summed E-state index contributed by atoms with van der Waals surface area (Å²) < 4.78 is 10.9. The highest BCUT2D eigenvalue weighted by atomic mass is 16.6. The van der Waals surface area contributed by atoms with E-state index in [-0.39, 0.29) is 13.2 Å². The maximum Gasteiger partial charge on any atom is 0.114 e. The minimum absolute atomic E-state index is 0.0356. The summed E-state index contributed by atoms with van der Waals surface area (Å²) in [5.41, 5.74) is 0. The van der Waals surface area contributed by atoms with Gasteiger partial charge in [0.2, 0.25) is 0 Å². The Kier molecular flexibility index (Phi) is 15.0. The van der Waals surface area contributed by atoms with Crippen molar-refractivity contribution in [1.29, 1.82) is 0 Å². The van der Waals surface area contributed by atoms with Gasteiger partial charge in [0.15, 0.2) is 0 Å². The molecule has 5 nitrogen and oxygen atoms in total. The highest BCUT2D eigenvalue weighted by Crippen LogP contribution is 2.19. The standard InChI is InChI=1S/C22H42O5/c1-2-3-4-5-6-7-8-9-10-11-12-13-14-15-16-26-22-20(17-23)27-18-19(24)21(22)25/h12-13,19-25H,2-11,14-18H2,1H3/b13-12+/t19-,20+,21+,22+/m0/s1. The van der Waals surface area contributed by atoms with Gasteiger partial charge in [-0.15, -0.1) is 0 Å². The van der Waals surface area contributed by atoms with Crippen LogP contribution in [0.2, 0.25) is 0 Å². The van der Waals surface area contributed by atoms with Crippen LogP contribution in [0.3, 0.4) is 0 Å². The summed E-state index contributed by atoms with van der Waals surface area (Å²) in [6.07, 6.45) is 16.4. The number of aliphatic hydroxyl groups is 3. The number of aliphatic hydroxyl groups excluding tert-OH is 3. The maximum atomic E-state index is 9.97. The number of ether oxygens (including phenoxy) is 2. The SMILES string of the molecule is CCCCCCCCCCC/C=C/CCCO[C@H]1[C@H](O)[C@@H](O)CO[C@@H]1CO. The zero-order chi connectivity index (χ0) is 19.7. The van der Waals surface area contributed by atoms with Crippen LogP contribution in [0.5, 0.6) is 0 Å². The molecule has 1 rings (SSSR count). The van der Waals surface area contributed by atoms with E-state index in [9.17, 15) is 15.3 Å². The summed E-state index contributed by atoms with van der Waals surface area (Å²) in [5, 5.41) is 28.9. The summed E-state index contributed by atoms with van der Waals surface area (Å²) in [5.74, 6) is 0. The van der Waals surface area contributed by atoms with E-state index in [2.05, 4.69) is 19.1 Å². The summed E-state index contributed by atoms with van der Waals surface area (Å²) in [6, 6.07) is 0. The fraction of sp³-hybridized carbons (Fsp3) is 0.909. The third kappa shape index (κ3) is 11.2. The first kappa shape index (κ1) is 24.6. The van der Waals surface area contributed by atoms with Gasteiger partial charge in [0.05, 0.1) is 13.2 Å². The molecule has 0 aromatic heterocycles. The molecule has 4 atom stereocenters. The van der Waals surface area contributed by atoms with Crippen molar-refractivity contribution in [2.24, 2.45) is 0 Å². The predicted molar refractivity (Wildman–Crippen MR) is 109 cm³/mol. The minimum atomic E-state index is -1.00. The van der Waals surface area contributed by atoms with E-state index in [1.165, 1.54) is 57.8 Å². The van der Waals surface area contributed by atoms with E-state index < -0.39 is 24.4 Å². The highest BCUT2D eigenvalue weighted by Gasteiger charge is 2.39. The summed E-state index contributed by atoms with van der Waals surface area (Å²) in [4.78, 5) is 0. The van der Waals surface area contributed by atoms with Gasteiger partial charge in [-0.2, -0.15) is 0 Å². The maximum absolute atomic E-state index is 9.97. The van der Waals surface area contributed by atoms with E-state index in [1.54, 1.807) is 0 Å². The van der Waals surface area contributed by atoms with Crippen LogP contribution in [0.25, 0.3) is 0 Å². The molecule has 27 heavy (non-hydrogen) atoms. The first-order valence-electron chi connectivity index (χ1n) is 11.1. The molecule has 0 aromatic carbocycles. The van der Waals surface area contributed by atoms with Gasteiger partial charge in [-0.25, -0.2) is 0 Å². The number of hydrogen-bond donors (Lipinski definition) is 3. The van der Waals surface area contributed by atoms with Gasteiger partial charge in [-0.3, -0.25) is 0 Å². The van der Waals surface area contributed by atoms with Crippen LogP contribution in [-0.2, 0) is 9.47 Å². The van der Waals surface area contributed by atoms with E-state index in [0.717, 1.165) is 19.3 Å². The normalized spacial score (nSPS) is 26.1. The first-order chi connectivity index (χ1) is 13.2. The van der Waals surface area contributed by atoms with E-state index >= 15 is 0 Å². The average Bonchev–Trinajstić information content (AvgIpc) is 2.68. The van der Waals surface area contributed by atoms with Crippen LogP contribution in [0.15, 0.2) is 12.2 Å². The fourth-order valence-corrected chi connectivity index (χ4v) is 3.45. The van der Waals surface area contributed by atoms with Gasteiger partial charge in [0.25, 0.3) is 0 Å². The van der Waals surface area contributed by atoms with Crippen molar-refractivity contribution >= 4 is 0 Å². The Bertz CT molecular complexity index is 359. The summed E-state index contributed by atoms with van der Waals surface area (Å²) in [6.45, 7) is 2.56. The average molecular weight is 387 g/mol. The predicted octanol–water partition coefficient (Wildman–Crippen LogP) is 3.74. The van der Waals surface area contributed by atoms with Crippen molar-refractivity contribution in [3.05, 3.63) is 12.2 Å². The fourth-order valence-electron chi connectivity index (χ4n) is 3.45. The Morgan fingerprint density at radius 3 is 2.11 bits per heavy atom. The monoisotopic (exact) mass is 386 g/mol. The van der Waals surface area contributed by atoms with Crippen molar-refractivity contribution in [1.82, 2.24) is 0 Å². The van der Waals surface area contributed by atoms with E-state index in [4.69, 9.17) is 9.47 Å². The van der Waals surface area contributed by atoms with Crippen molar-refractivity contribution in [3.63, 3.8) is 0 Å². The lowest BCUT2D eigenvalue weighted by Crippen LogP contribution is -2.55. The lowest BCUT2D eigenvalue weighted by Gasteiger charge is -2.37. The molecular weight excluding hydrogens is 344 g/mol. The van der Waals surface area contributed by atoms with Gasteiger partial charge >= 0.3 is 0 Å². The molecule has 0 aliphatic carbocycles. The van der Waals surface area contributed by atoms with Crippen molar-refractivity contribution in [2.45, 2.75) is 108 Å². The number of allylic oxidation sites excluding steroid dienone is 2. The molecule has 1 aliphatic heterocycles. The van der Waals surface area contributed by atoms with Crippen LogP contribution in [0, 0.1) is 0 Å². The topological polar surface area (TPSA) is 79.2 Å². The van der Waals surface area contributed by atoms with E-state index in [0.29, 0.717) is 6.61 Å². The lowest BCUT2D eigenvalue weighted by atomic mass is 10.0. The molecule has 5 heteroatoms. The van der Waals surface area contributed by atoms with Crippen molar-refractivity contribution in [3.8, 4) is 0 Å². The van der Waals surface area contributed by atoms with Crippen molar-refractivity contribution < 1.29 is 24.8 Å². The molecule has 0 spiro atoms. The van der Waals surface area contributed by atoms with Gasteiger partial charge in [-0.05, 0) is 25.7 Å². The van der Waals surface area contributed by atoms with Crippen LogP contribution in [-0.4, -0.2) is 59.6 Å². The van der Waals surface area contributed by atoms with E-state index in [1.807, 2.05) is 0 Å². The molecule has 1 heterocycles. The van der Waals surface area contributed by atoms with Crippen LogP contribution < -0.4 is 0 Å². The van der Waals surface area contributed by atoms with Crippen LogP contribution in [0.1, 0.15) is 84.0 Å². The third-order valence-electron chi connectivity index (χ3n) is 5.22. The smallest absolute Gasteiger partial charge is 0.114 e. The summed E-state index contributed by atoms with van der Waals surface area (Å²) >= 11 is 0. The molecule has 0 amide bonds. The second-order valence-electron chi connectivity index (χ2n) is 7.68. The molecule has 0 aromatic rings. The minimum Gasteiger partial charge on any atom is -0.394 e. The molecule has 0 unspecified atom stereocenters. The van der Waals surface area contributed by atoms with Crippen LogP contribution >= 0.6 is 0 Å². The highest BCUT2D eigenvalue weighted by molar-refractivity contribution is 4.88. The van der Waals surface area contributed by atoms with Gasteiger partial charge in [0.1, 0.15) is 24.4 Å². The zero-order valence-electron chi connectivity index (χ0n) is 17.2. The Morgan fingerprint density at radius 1 is 0.889 bits per heavy atom. The van der Waals surface area contributed by atoms with Gasteiger partial charge in [0, 0.05) is 6.61 Å². The Labute approximate surface area is 165 Å². The zero-order valence-corrected chi connectivity index (χ0v) is 17.2. The molecule has 1 saturated heterocycles. The Hall–Kier alpha value is -0.460. The Balaban J connectivity index is 1.94. The van der Waals surface area contributed by atoms with Crippen LogP contribution in [0.4, 0.5) is 0 Å². The second kappa shape index (κ2) is 16.5. The quantitative estimate of drug-likeness (QED) is 0.278. The van der Waals surface area contributed by atoms with Crippen molar-refractivity contribution in [2.75, 3.05) is 19.8 Å². The first-order valence-corrected chi connectivity index (χ1v) is 11.1. The number of rotatable bonds is 16. The Morgan fingerprint density at radius 2 is 1.48 bits per heavy atom. The largest absolute Gasteiger partial charge is 0.394 e. The third-order valence-corrected chi connectivity index (χ3v) is 5.22. The molecule has 0 bridgehead atoms. The van der Waals surface area contributed by atoms with Gasteiger partial charge < -0.3 is 24.8 Å². The molecule has 3 N–H and O–H groups in total. The molecule has 0 radical (unpaired) electrons. The second-order valence-corrected chi connectivity index (χ2v) is 7.68.